The normalized spacial score (nSPS) is 16.5. The summed E-state index contributed by atoms with van der Waals surface area (Å²) in [7, 11) is 0. The molecule has 0 saturated carbocycles. The minimum atomic E-state index is -2.03. The Morgan fingerprint density at radius 1 is 1.27 bits per heavy atom. The van der Waals surface area contributed by atoms with E-state index in [-0.39, 0.29) is 24.5 Å². The number of amides is 1. The maximum absolute atomic E-state index is 14.2. The minimum absolute atomic E-state index is 0.122. The Kier molecular flexibility index (Phi) is 6.96. The molecule has 1 saturated heterocycles. The number of hydrogen-bond acceptors (Lipinski definition) is 5. The standard InChI is InChI=1S/C17H25FN2O5S/c1-17(2,3)25-16(21)20-8-6-19(7-9-20)15-10-13(4-5-14(15)18)11-24-12-26(22)23/h4-5,10H,6-9,11-12H2,1-3H3,(H,22,23). The molecule has 2 rings (SSSR count). The summed E-state index contributed by atoms with van der Waals surface area (Å²) < 4.78 is 44.0. The molecule has 1 atom stereocenters. The Labute approximate surface area is 155 Å². The van der Waals surface area contributed by atoms with Gasteiger partial charge in [0.1, 0.15) is 17.4 Å². The van der Waals surface area contributed by atoms with E-state index in [1.807, 2.05) is 25.7 Å². The van der Waals surface area contributed by atoms with Gasteiger partial charge >= 0.3 is 6.09 Å². The predicted octanol–water partition coefficient (Wildman–Crippen LogP) is 2.58. The Bertz CT molecular complexity index is 657. The molecule has 1 aliphatic heterocycles. The third kappa shape index (κ3) is 6.22. The van der Waals surface area contributed by atoms with Crippen LogP contribution in [-0.2, 0) is 27.2 Å². The summed E-state index contributed by atoms with van der Waals surface area (Å²) in [5, 5.41) is 0. The van der Waals surface area contributed by atoms with Gasteiger partial charge in [-0.1, -0.05) is 6.07 Å². The zero-order valence-corrected chi connectivity index (χ0v) is 16.1. The van der Waals surface area contributed by atoms with E-state index in [9.17, 15) is 13.4 Å². The van der Waals surface area contributed by atoms with Crippen LogP contribution in [0.25, 0.3) is 0 Å². The van der Waals surface area contributed by atoms with Crippen molar-refractivity contribution in [3.05, 3.63) is 29.6 Å². The van der Waals surface area contributed by atoms with Crippen molar-refractivity contribution in [3.63, 3.8) is 0 Å². The second-order valence-electron chi connectivity index (χ2n) is 7.03. The van der Waals surface area contributed by atoms with E-state index >= 15 is 0 Å². The van der Waals surface area contributed by atoms with Crippen LogP contribution < -0.4 is 4.90 Å². The molecule has 1 unspecified atom stereocenters. The molecule has 1 amide bonds. The molecule has 9 heteroatoms. The zero-order valence-electron chi connectivity index (χ0n) is 15.2. The van der Waals surface area contributed by atoms with Gasteiger partial charge in [-0.25, -0.2) is 13.4 Å². The van der Waals surface area contributed by atoms with Crippen LogP contribution in [0.15, 0.2) is 18.2 Å². The molecular formula is C17H25FN2O5S. The number of halogens is 1. The Morgan fingerprint density at radius 3 is 2.50 bits per heavy atom. The average molecular weight is 388 g/mol. The lowest BCUT2D eigenvalue weighted by molar-refractivity contribution is 0.0240. The van der Waals surface area contributed by atoms with Crippen molar-refractivity contribution in [2.75, 3.05) is 37.0 Å². The third-order valence-corrected chi connectivity index (χ3v) is 4.10. The fourth-order valence-corrected chi connectivity index (χ4v) is 2.80. The highest BCUT2D eigenvalue weighted by Crippen LogP contribution is 2.23. The number of anilines is 1. The molecule has 146 valence electrons. The van der Waals surface area contributed by atoms with Gasteiger partial charge in [-0.15, -0.1) is 0 Å². The molecule has 0 bridgehead atoms. The molecule has 1 aliphatic rings. The first kappa shape index (κ1) is 20.6. The second kappa shape index (κ2) is 8.79. The molecular weight excluding hydrogens is 363 g/mol. The first-order chi connectivity index (χ1) is 12.2. The van der Waals surface area contributed by atoms with Gasteiger partial charge in [0.25, 0.3) is 0 Å². The van der Waals surface area contributed by atoms with Crippen LogP contribution in [-0.4, -0.2) is 57.5 Å². The summed E-state index contributed by atoms with van der Waals surface area (Å²) in [6.45, 7) is 7.43. The van der Waals surface area contributed by atoms with Crippen LogP contribution in [0.2, 0.25) is 0 Å². The molecule has 1 fully saturated rings. The number of nitrogens with zero attached hydrogens (tertiary/aromatic N) is 2. The molecule has 0 aromatic heterocycles. The number of ether oxygens (including phenoxy) is 2. The second-order valence-corrected chi connectivity index (χ2v) is 7.91. The Balaban J connectivity index is 1.95. The van der Waals surface area contributed by atoms with Gasteiger partial charge in [-0.05, 0) is 38.5 Å². The van der Waals surface area contributed by atoms with E-state index < -0.39 is 16.7 Å². The van der Waals surface area contributed by atoms with E-state index in [2.05, 4.69) is 0 Å². The largest absolute Gasteiger partial charge is 0.444 e. The van der Waals surface area contributed by atoms with E-state index in [1.165, 1.54) is 6.07 Å². The summed E-state index contributed by atoms with van der Waals surface area (Å²) in [6.07, 6.45) is -0.364. The molecule has 0 radical (unpaired) electrons. The number of rotatable bonds is 5. The van der Waals surface area contributed by atoms with Crippen molar-refractivity contribution in [1.82, 2.24) is 4.90 Å². The monoisotopic (exact) mass is 388 g/mol. The fourth-order valence-electron chi connectivity index (χ4n) is 2.58. The van der Waals surface area contributed by atoms with Crippen molar-refractivity contribution in [2.24, 2.45) is 0 Å². The van der Waals surface area contributed by atoms with Crippen LogP contribution in [0.5, 0.6) is 0 Å². The SMILES string of the molecule is CC(C)(C)OC(=O)N1CCN(c2cc(COCS(=O)O)ccc2F)CC1. The van der Waals surface area contributed by atoms with Crippen LogP contribution in [0.1, 0.15) is 26.3 Å². The lowest BCUT2D eigenvalue weighted by Gasteiger charge is -2.37. The van der Waals surface area contributed by atoms with Crippen molar-refractivity contribution < 1.29 is 27.4 Å². The van der Waals surface area contributed by atoms with Gasteiger partial charge < -0.3 is 23.8 Å². The van der Waals surface area contributed by atoms with E-state index in [4.69, 9.17) is 14.0 Å². The summed E-state index contributed by atoms with van der Waals surface area (Å²) in [5.74, 6) is -0.647. The van der Waals surface area contributed by atoms with Gasteiger partial charge in [-0.2, -0.15) is 0 Å². The van der Waals surface area contributed by atoms with Crippen LogP contribution in [0.3, 0.4) is 0 Å². The lowest BCUT2D eigenvalue weighted by atomic mass is 10.1. The fraction of sp³-hybridized carbons (Fsp3) is 0.588. The van der Waals surface area contributed by atoms with Crippen LogP contribution >= 0.6 is 0 Å². The molecule has 7 nitrogen and oxygen atoms in total. The Morgan fingerprint density at radius 2 is 1.92 bits per heavy atom. The van der Waals surface area contributed by atoms with Gasteiger partial charge in [0.2, 0.25) is 0 Å². The third-order valence-electron chi connectivity index (χ3n) is 3.74. The lowest BCUT2D eigenvalue weighted by Crippen LogP contribution is -2.50. The van der Waals surface area contributed by atoms with Crippen molar-refractivity contribution in [3.8, 4) is 0 Å². The molecule has 1 heterocycles. The summed E-state index contributed by atoms with van der Waals surface area (Å²) in [5.41, 5.74) is 0.592. The minimum Gasteiger partial charge on any atom is -0.444 e. The smallest absolute Gasteiger partial charge is 0.410 e. The number of carbonyl (C=O) groups is 1. The van der Waals surface area contributed by atoms with E-state index in [0.717, 1.165) is 0 Å². The molecule has 1 aromatic carbocycles. The summed E-state index contributed by atoms with van der Waals surface area (Å²) in [4.78, 5) is 15.6. The first-order valence-electron chi connectivity index (χ1n) is 8.32. The van der Waals surface area contributed by atoms with Crippen LogP contribution in [0, 0.1) is 5.82 Å². The molecule has 1 N–H and O–H groups in total. The molecule has 1 aromatic rings. The highest BCUT2D eigenvalue weighted by molar-refractivity contribution is 7.79. The highest BCUT2D eigenvalue weighted by Gasteiger charge is 2.26. The molecule has 0 spiro atoms. The van der Waals surface area contributed by atoms with E-state index in [1.54, 1.807) is 17.0 Å². The van der Waals surface area contributed by atoms with Crippen molar-refractivity contribution >= 4 is 22.9 Å². The van der Waals surface area contributed by atoms with Crippen molar-refractivity contribution in [2.45, 2.75) is 33.0 Å². The van der Waals surface area contributed by atoms with Gasteiger partial charge in [0, 0.05) is 26.2 Å². The summed E-state index contributed by atoms with van der Waals surface area (Å²) >= 11 is -2.03. The number of carbonyl (C=O) groups excluding carboxylic acids is 1. The number of benzene rings is 1. The van der Waals surface area contributed by atoms with Crippen LogP contribution in [0.4, 0.5) is 14.9 Å². The molecule has 26 heavy (non-hydrogen) atoms. The van der Waals surface area contributed by atoms with Gasteiger partial charge in [0.15, 0.2) is 11.1 Å². The Hall–Kier alpha value is -1.71. The van der Waals surface area contributed by atoms with Gasteiger partial charge in [0.05, 0.1) is 12.3 Å². The maximum Gasteiger partial charge on any atom is 0.410 e. The molecule has 0 aliphatic carbocycles. The van der Waals surface area contributed by atoms with E-state index in [0.29, 0.717) is 37.4 Å². The maximum atomic E-state index is 14.2. The summed E-state index contributed by atoms with van der Waals surface area (Å²) in [6, 6.07) is 4.60. The predicted molar refractivity (Wildman–Crippen MR) is 96.8 cm³/mol. The number of piperazine rings is 1. The van der Waals surface area contributed by atoms with Gasteiger partial charge in [-0.3, -0.25) is 0 Å². The van der Waals surface area contributed by atoms with Crippen molar-refractivity contribution in [1.29, 1.82) is 0 Å². The quantitative estimate of drug-likeness (QED) is 0.781. The average Bonchev–Trinajstić information content (AvgIpc) is 2.55. The highest BCUT2D eigenvalue weighted by atomic mass is 32.2. The zero-order chi connectivity index (χ0) is 19.3. The number of hydrogen-bond donors (Lipinski definition) is 1. The topological polar surface area (TPSA) is 79.3 Å². The first-order valence-corrected chi connectivity index (χ1v) is 9.60.